The van der Waals surface area contributed by atoms with Crippen LogP contribution in [-0.4, -0.2) is 27.6 Å². The summed E-state index contributed by atoms with van der Waals surface area (Å²) in [5.41, 5.74) is 1.03. The average Bonchev–Trinajstić information content (AvgIpc) is 2.80. The standard InChI is InChI=1S/C11H15N3O2/c15-11(16)6-12-10-5-9(13-7-14-10)8-3-1-2-4-8/h5,7-8H,1-4,6H2,(H,15,16)(H,12,13,14). The molecule has 1 aliphatic carbocycles. The van der Waals surface area contributed by atoms with E-state index in [0.717, 1.165) is 5.69 Å². The van der Waals surface area contributed by atoms with Gasteiger partial charge in [0.1, 0.15) is 18.7 Å². The van der Waals surface area contributed by atoms with Gasteiger partial charge in [0.05, 0.1) is 0 Å². The first kappa shape index (κ1) is 10.9. The second-order valence-electron chi connectivity index (χ2n) is 4.06. The van der Waals surface area contributed by atoms with Crippen molar-refractivity contribution in [3.63, 3.8) is 0 Å². The molecule has 2 N–H and O–H groups in total. The number of nitrogens with one attached hydrogen (secondary N) is 1. The molecule has 5 nitrogen and oxygen atoms in total. The highest BCUT2D eigenvalue weighted by molar-refractivity contribution is 5.72. The molecule has 0 aliphatic heterocycles. The number of aliphatic carboxylic acids is 1. The molecule has 5 heteroatoms. The monoisotopic (exact) mass is 221 g/mol. The van der Waals surface area contributed by atoms with Crippen LogP contribution in [0.1, 0.15) is 37.3 Å². The minimum absolute atomic E-state index is 0.110. The molecule has 0 amide bonds. The highest BCUT2D eigenvalue weighted by Gasteiger charge is 2.18. The molecule has 0 unspecified atom stereocenters. The van der Waals surface area contributed by atoms with Gasteiger partial charge in [0.25, 0.3) is 0 Å². The van der Waals surface area contributed by atoms with Crippen LogP contribution in [-0.2, 0) is 4.79 Å². The number of hydrogen-bond donors (Lipinski definition) is 2. The van der Waals surface area contributed by atoms with Crippen LogP contribution in [0, 0.1) is 0 Å². The summed E-state index contributed by atoms with van der Waals surface area (Å²) in [6.45, 7) is -0.110. The summed E-state index contributed by atoms with van der Waals surface area (Å²) in [5.74, 6) is 0.230. The maximum absolute atomic E-state index is 10.4. The molecule has 0 atom stereocenters. The zero-order valence-corrected chi connectivity index (χ0v) is 9.02. The number of nitrogens with zero attached hydrogens (tertiary/aromatic N) is 2. The van der Waals surface area contributed by atoms with Crippen molar-refractivity contribution in [2.45, 2.75) is 31.6 Å². The lowest BCUT2D eigenvalue weighted by Gasteiger charge is -2.09. The predicted molar refractivity (Wildman–Crippen MR) is 59.4 cm³/mol. The van der Waals surface area contributed by atoms with Gasteiger partial charge in [0.15, 0.2) is 0 Å². The van der Waals surface area contributed by atoms with Crippen molar-refractivity contribution in [3.8, 4) is 0 Å². The van der Waals surface area contributed by atoms with Crippen molar-refractivity contribution in [1.82, 2.24) is 9.97 Å². The van der Waals surface area contributed by atoms with Gasteiger partial charge in [0, 0.05) is 17.7 Å². The lowest BCUT2D eigenvalue weighted by atomic mass is 10.0. The lowest BCUT2D eigenvalue weighted by Crippen LogP contribution is -2.13. The fourth-order valence-electron chi connectivity index (χ4n) is 2.08. The summed E-state index contributed by atoms with van der Waals surface area (Å²) < 4.78 is 0. The topological polar surface area (TPSA) is 75.1 Å². The zero-order chi connectivity index (χ0) is 11.4. The van der Waals surface area contributed by atoms with Crippen LogP contribution < -0.4 is 5.32 Å². The highest BCUT2D eigenvalue weighted by atomic mass is 16.4. The molecule has 0 aromatic carbocycles. The molecule has 2 rings (SSSR count). The second-order valence-corrected chi connectivity index (χ2v) is 4.06. The quantitative estimate of drug-likeness (QED) is 0.808. The van der Waals surface area contributed by atoms with Crippen molar-refractivity contribution in [1.29, 1.82) is 0 Å². The van der Waals surface area contributed by atoms with E-state index in [-0.39, 0.29) is 6.54 Å². The van der Waals surface area contributed by atoms with Gasteiger partial charge in [-0.3, -0.25) is 4.79 Å². The Bertz CT molecular complexity index is 375. The van der Waals surface area contributed by atoms with E-state index in [0.29, 0.717) is 11.7 Å². The Morgan fingerprint density at radius 3 is 2.88 bits per heavy atom. The molecule has 1 aliphatic rings. The third-order valence-corrected chi connectivity index (χ3v) is 2.88. The Labute approximate surface area is 93.9 Å². The zero-order valence-electron chi connectivity index (χ0n) is 9.02. The molecule has 0 saturated heterocycles. The van der Waals surface area contributed by atoms with Gasteiger partial charge in [-0.15, -0.1) is 0 Å². The van der Waals surface area contributed by atoms with E-state index in [2.05, 4.69) is 15.3 Å². The van der Waals surface area contributed by atoms with Gasteiger partial charge in [0.2, 0.25) is 0 Å². The predicted octanol–water partition coefficient (Wildman–Crippen LogP) is 1.63. The summed E-state index contributed by atoms with van der Waals surface area (Å²) in [6, 6.07) is 1.86. The first-order valence-corrected chi connectivity index (χ1v) is 5.53. The molecular weight excluding hydrogens is 206 g/mol. The van der Waals surface area contributed by atoms with Gasteiger partial charge in [-0.25, -0.2) is 9.97 Å². The fourth-order valence-corrected chi connectivity index (χ4v) is 2.08. The first-order valence-electron chi connectivity index (χ1n) is 5.53. The Morgan fingerprint density at radius 2 is 2.19 bits per heavy atom. The number of aromatic nitrogens is 2. The Kier molecular flexibility index (Phi) is 3.34. The van der Waals surface area contributed by atoms with Crippen LogP contribution >= 0.6 is 0 Å². The summed E-state index contributed by atoms with van der Waals surface area (Å²) in [5, 5.41) is 11.3. The second kappa shape index (κ2) is 4.92. The van der Waals surface area contributed by atoms with E-state index < -0.39 is 5.97 Å². The maximum Gasteiger partial charge on any atom is 0.322 e. The van der Waals surface area contributed by atoms with Crippen molar-refractivity contribution >= 4 is 11.8 Å². The number of carboxylic acid groups (broad SMARTS) is 1. The highest BCUT2D eigenvalue weighted by Crippen LogP contribution is 2.33. The summed E-state index contributed by atoms with van der Waals surface area (Å²) >= 11 is 0. The van der Waals surface area contributed by atoms with E-state index in [1.54, 1.807) is 0 Å². The Balaban J connectivity index is 2.03. The van der Waals surface area contributed by atoms with Gasteiger partial charge >= 0.3 is 5.97 Å². The van der Waals surface area contributed by atoms with Gasteiger partial charge < -0.3 is 10.4 Å². The molecule has 86 valence electrons. The smallest absolute Gasteiger partial charge is 0.322 e. The molecule has 1 saturated carbocycles. The van der Waals surface area contributed by atoms with Gasteiger partial charge in [-0.1, -0.05) is 12.8 Å². The largest absolute Gasteiger partial charge is 0.480 e. The number of hydrogen-bond acceptors (Lipinski definition) is 4. The average molecular weight is 221 g/mol. The van der Waals surface area contributed by atoms with E-state index in [4.69, 9.17) is 5.11 Å². The first-order chi connectivity index (χ1) is 7.75. The van der Waals surface area contributed by atoms with Crippen LogP contribution in [0.4, 0.5) is 5.82 Å². The van der Waals surface area contributed by atoms with E-state index >= 15 is 0 Å². The minimum atomic E-state index is -0.888. The lowest BCUT2D eigenvalue weighted by molar-refractivity contribution is -0.134. The van der Waals surface area contributed by atoms with Crippen molar-refractivity contribution in [2.75, 3.05) is 11.9 Å². The summed E-state index contributed by atoms with van der Waals surface area (Å²) in [4.78, 5) is 18.7. The normalized spacial score (nSPS) is 16.2. The molecule has 1 fully saturated rings. The van der Waals surface area contributed by atoms with Crippen molar-refractivity contribution in [3.05, 3.63) is 18.1 Å². The van der Waals surface area contributed by atoms with E-state index in [1.807, 2.05) is 6.07 Å². The molecule has 16 heavy (non-hydrogen) atoms. The molecule has 0 bridgehead atoms. The van der Waals surface area contributed by atoms with Crippen molar-refractivity contribution < 1.29 is 9.90 Å². The van der Waals surface area contributed by atoms with Crippen molar-refractivity contribution in [2.24, 2.45) is 0 Å². The van der Waals surface area contributed by atoms with E-state index in [9.17, 15) is 4.79 Å². The molecule has 0 spiro atoms. The minimum Gasteiger partial charge on any atom is -0.480 e. The fraction of sp³-hybridized carbons (Fsp3) is 0.545. The third-order valence-electron chi connectivity index (χ3n) is 2.88. The third kappa shape index (κ3) is 2.68. The molecule has 1 aromatic heterocycles. The SMILES string of the molecule is O=C(O)CNc1cc(C2CCCC2)ncn1. The van der Waals surface area contributed by atoms with Gasteiger partial charge in [-0.05, 0) is 12.8 Å². The molecular formula is C11H15N3O2. The van der Waals surface area contributed by atoms with Crippen LogP contribution in [0.25, 0.3) is 0 Å². The maximum atomic E-state index is 10.4. The van der Waals surface area contributed by atoms with Crippen LogP contribution in [0.3, 0.4) is 0 Å². The van der Waals surface area contributed by atoms with Crippen LogP contribution in [0.15, 0.2) is 12.4 Å². The van der Waals surface area contributed by atoms with Crippen LogP contribution in [0.2, 0.25) is 0 Å². The number of carbonyl (C=O) groups is 1. The molecule has 1 aromatic rings. The molecule has 0 radical (unpaired) electrons. The van der Waals surface area contributed by atoms with E-state index in [1.165, 1.54) is 32.0 Å². The number of carboxylic acids is 1. The summed E-state index contributed by atoms with van der Waals surface area (Å²) in [7, 11) is 0. The number of rotatable bonds is 4. The Morgan fingerprint density at radius 1 is 1.44 bits per heavy atom. The summed E-state index contributed by atoms with van der Waals surface area (Å²) in [6.07, 6.45) is 6.36. The van der Waals surface area contributed by atoms with Crippen LogP contribution in [0.5, 0.6) is 0 Å². The molecule has 1 heterocycles. The number of anilines is 1. The van der Waals surface area contributed by atoms with Gasteiger partial charge in [-0.2, -0.15) is 0 Å². The Hall–Kier alpha value is -1.65.